The van der Waals surface area contributed by atoms with Crippen LogP contribution in [-0.2, 0) is 0 Å². The quantitative estimate of drug-likeness (QED) is 0.460. The van der Waals surface area contributed by atoms with Crippen molar-refractivity contribution in [1.82, 2.24) is 0 Å². The fourth-order valence-corrected chi connectivity index (χ4v) is 2.13. The molecule has 0 N–H and O–H groups in total. The predicted molar refractivity (Wildman–Crippen MR) is 50.9 cm³/mol. The van der Waals surface area contributed by atoms with E-state index >= 15 is 0 Å². The molecule has 0 heterocycles. The van der Waals surface area contributed by atoms with Crippen LogP contribution in [0.5, 0.6) is 0 Å². The third-order valence-electron chi connectivity index (χ3n) is 3.24. The van der Waals surface area contributed by atoms with Gasteiger partial charge in [-0.25, -0.2) is 0 Å². The fourth-order valence-electron chi connectivity index (χ4n) is 2.13. The summed E-state index contributed by atoms with van der Waals surface area (Å²) in [4.78, 5) is 0. The van der Waals surface area contributed by atoms with Gasteiger partial charge >= 0.3 is 80.1 Å². The summed E-state index contributed by atoms with van der Waals surface area (Å²) in [7, 11) is 0. The average molecular weight is 146 g/mol. The topological polar surface area (TPSA) is 0 Å². The van der Waals surface area contributed by atoms with Gasteiger partial charge in [0.25, 0.3) is 0 Å². The zero-order valence-corrected chi connectivity index (χ0v) is 8.48. The van der Waals surface area contributed by atoms with Crippen LogP contribution in [0, 0.1) is 11.3 Å². The van der Waals surface area contributed by atoms with Gasteiger partial charge in [-0.2, -0.15) is 0 Å². The molecule has 0 aliphatic heterocycles. The molecule has 1 aliphatic rings. The summed E-state index contributed by atoms with van der Waals surface area (Å²) in [6.45, 7) is 7.15. The summed E-state index contributed by atoms with van der Waals surface area (Å²) < 4.78 is 0.994. The average Bonchev–Trinajstić information content (AvgIpc) is 1.86. The molecule has 1 heteroatoms. The van der Waals surface area contributed by atoms with E-state index in [0.717, 1.165) is 10.5 Å². The summed E-state index contributed by atoms with van der Waals surface area (Å²) in [5.41, 5.74) is 0.556. The first kappa shape index (κ1) is 9.68. The van der Waals surface area contributed by atoms with Crippen molar-refractivity contribution in [2.24, 2.45) is 11.3 Å². The molecule has 0 aromatic carbocycles. The Morgan fingerprint density at radius 2 is 1.45 bits per heavy atom. The molecule has 60 valence electrons. The van der Waals surface area contributed by atoms with Crippen molar-refractivity contribution in [3.8, 4) is 0 Å². The monoisotopic (exact) mass is 146 g/mol. The van der Waals surface area contributed by atoms with E-state index in [1.165, 1.54) is 25.7 Å². The van der Waals surface area contributed by atoms with Crippen LogP contribution in [0.4, 0.5) is 0 Å². The second kappa shape index (κ2) is 3.54. The van der Waals surface area contributed by atoms with Crippen molar-refractivity contribution in [3.63, 3.8) is 0 Å². The Morgan fingerprint density at radius 3 is 1.82 bits per heavy atom. The zero-order valence-electron chi connectivity index (χ0n) is 8.48. The summed E-state index contributed by atoms with van der Waals surface area (Å²) in [6.07, 6.45) is 5.85. The van der Waals surface area contributed by atoms with Gasteiger partial charge < -0.3 is 0 Å². The van der Waals surface area contributed by atoms with E-state index in [1.807, 2.05) is 0 Å². The fraction of sp³-hybridized carbons (Fsp3) is 1.00. The van der Waals surface area contributed by atoms with Gasteiger partial charge in [0.15, 0.2) is 0 Å². The normalized spacial score (nSPS) is 33.9. The van der Waals surface area contributed by atoms with Crippen LogP contribution in [0.2, 0.25) is 4.59 Å². The van der Waals surface area contributed by atoms with Crippen molar-refractivity contribution >= 4 is 17.7 Å². The van der Waals surface area contributed by atoms with Crippen LogP contribution in [0.1, 0.15) is 46.5 Å². The van der Waals surface area contributed by atoms with Gasteiger partial charge in [0, 0.05) is 0 Å². The molecule has 0 spiro atoms. The number of rotatable bonds is 0. The third-order valence-corrected chi connectivity index (χ3v) is 3.24. The van der Waals surface area contributed by atoms with E-state index < -0.39 is 0 Å². The molecule has 0 aromatic heterocycles. The Bertz CT molecular complexity index is 115. The molecule has 0 aromatic rings. The van der Waals surface area contributed by atoms with Gasteiger partial charge in [0.1, 0.15) is 0 Å². The van der Waals surface area contributed by atoms with Gasteiger partial charge in [-0.1, -0.05) is 0 Å². The van der Waals surface area contributed by atoms with Crippen molar-refractivity contribution in [3.05, 3.63) is 0 Å². The first-order valence-corrected chi connectivity index (χ1v) is 5.00. The molecule has 0 radical (unpaired) electrons. The van der Waals surface area contributed by atoms with Crippen molar-refractivity contribution in [1.29, 1.82) is 0 Å². The molecule has 0 amide bonds. The summed E-state index contributed by atoms with van der Waals surface area (Å²) in [6, 6.07) is 0. The maximum atomic E-state index is 2.39. The molecule has 0 atom stereocenters. The van der Waals surface area contributed by atoms with Crippen molar-refractivity contribution in [2.45, 2.75) is 51.0 Å². The molecule has 1 fully saturated rings. The van der Waals surface area contributed by atoms with E-state index in [-0.39, 0.29) is 0 Å². The van der Waals surface area contributed by atoms with Gasteiger partial charge in [0.05, 0.1) is 0 Å². The van der Waals surface area contributed by atoms with Gasteiger partial charge in [-0.15, -0.1) is 0 Å². The van der Waals surface area contributed by atoms with Gasteiger partial charge in [-0.05, 0) is 0 Å². The molecule has 0 saturated heterocycles. The summed E-state index contributed by atoms with van der Waals surface area (Å²) >= 11 is 2.39. The Labute approximate surface area is 80.3 Å². The standard InChI is InChI=1S/C10H19.Li/c1-10(2,3)9-7-5-4-6-8-9;/h4,9H,5-8H2,1-3H3;. The van der Waals surface area contributed by atoms with Gasteiger partial charge in [0.2, 0.25) is 0 Å². The SMILES string of the molecule is [Li][CH]1CCC(C(C)(C)C)CC1. The molecular weight excluding hydrogens is 127 g/mol. The van der Waals surface area contributed by atoms with E-state index in [4.69, 9.17) is 0 Å². The Kier molecular flexibility index (Phi) is 3.12. The minimum atomic E-state index is 0.556. The summed E-state index contributed by atoms with van der Waals surface area (Å²) in [5.74, 6) is 0.985. The molecule has 0 nitrogen and oxygen atoms in total. The van der Waals surface area contributed by atoms with Crippen LogP contribution in [0.3, 0.4) is 0 Å². The van der Waals surface area contributed by atoms with E-state index in [1.54, 1.807) is 0 Å². The van der Waals surface area contributed by atoms with Crippen LogP contribution >= 0.6 is 0 Å². The van der Waals surface area contributed by atoms with Crippen LogP contribution in [0.15, 0.2) is 0 Å². The Morgan fingerprint density at radius 1 is 1.00 bits per heavy atom. The van der Waals surface area contributed by atoms with Crippen LogP contribution < -0.4 is 0 Å². The molecule has 1 aliphatic carbocycles. The second-order valence-electron chi connectivity index (χ2n) is 5.32. The van der Waals surface area contributed by atoms with Crippen molar-refractivity contribution in [2.75, 3.05) is 0 Å². The van der Waals surface area contributed by atoms with E-state index in [0.29, 0.717) is 5.41 Å². The third kappa shape index (κ3) is 2.84. The van der Waals surface area contributed by atoms with Crippen molar-refractivity contribution < 1.29 is 0 Å². The Hall–Kier alpha value is 0.597. The van der Waals surface area contributed by atoms with E-state index in [9.17, 15) is 0 Å². The molecule has 1 saturated carbocycles. The first-order chi connectivity index (χ1) is 5.00. The molecule has 0 bridgehead atoms. The maximum absolute atomic E-state index is 2.39. The van der Waals surface area contributed by atoms with Crippen LogP contribution in [0.25, 0.3) is 0 Å². The molecule has 11 heavy (non-hydrogen) atoms. The van der Waals surface area contributed by atoms with Crippen LogP contribution in [-0.4, -0.2) is 17.7 Å². The van der Waals surface area contributed by atoms with Gasteiger partial charge in [-0.3, -0.25) is 0 Å². The first-order valence-electron chi connectivity index (χ1n) is 5.00. The predicted octanol–water partition coefficient (Wildman–Crippen LogP) is 3.18. The second-order valence-corrected chi connectivity index (χ2v) is 5.32. The van der Waals surface area contributed by atoms with E-state index in [2.05, 4.69) is 38.5 Å². The molecular formula is C10H19Li. The number of hydrogen-bond donors (Lipinski definition) is 0. The molecule has 1 rings (SSSR count). The molecule has 0 unspecified atom stereocenters. The number of hydrogen-bond acceptors (Lipinski definition) is 0. The minimum absolute atomic E-state index is 0.556. The zero-order chi connectivity index (χ0) is 8.48. The summed E-state index contributed by atoms with van der Waals surface area (Å²) in [5, 5.41) is 0. The Balaban J connectivity index is 2.39.